The van der Waals surface area contributed by atoms with Crippen LogP contribution in [-0.4, -0.2) is 50.9 Å². The van der Waals surface area contributed by atoms with Crippen LogP contribution in [0.15, 0.2) is 48.8 Å². The smallest absolute Gasteiger partial charge is 0.333 e. The molecule has 6 heteroatoms. The van der Waals surface area contributed by atoms with E-state index in [9.17, 15) is 14.7 Å². The SMILES string of the molecule is C=C(C)C(=O)OCC(CCOC(=C)C(=C)CO)C(COC)C1CCC(C2CCC(CCCCC)CC2)CC1.C=C(C)C=O. The molecule has 0 heterocycles. The zero-order valence-electron chi connectivity index (χ0n) is 27.9. The topological polar surface area (TPSA) is 82.1 Å². The summed E-state index contributed by atoms with van der Waals surface area (Å²) in [6.45, 7) is 21.6. The van der Waals surface area contributed by atoms with Crippen molar-refractivity contribution >= 4 is 12.3 Å². The van der Waals surface area contributed by atoms with Crippen molar-refractivity contribution < 1.29 is 28.9 Å². The Morgan fingerprint density at radius 3 is 1.98 bits per heavy atom. The molecule has 246 valence electrons. The molecule has 1 N–H and O–H groups in total. The number of ether oxygens (including phenoxy) is 3. The van der Waals surface area contributed by atoms with E-state index in [4.69, 9.17) is 14.2 Å². The van der Waals surface area contributed by atoms with Crippen LogP contribution in [0.2, 0.25) is 0 Å². The van der Waals surface area contributed by atoms with E-state index in [1.54, 1.807) is 21.0 Å². The molecule has 43 heavy (non-hydrogen) atoms. The van der Waals surface area contributed by atoms with Gasteiger partial charge in [-0.05, 0) is 94.0 Å². The Morgan fingerprint density at radius 1 is 0.907 bits per heavy atom. The van der Waals surface area contributed by atoms with Crippen molar-refractivity contribution in [1.82, 2.24) is 0 Å². The third-order valence-electron chi connectivity index (χ3n) is 9.49. The first-order chi connectivity index (χ1) is 20.6. The summed E-state index contributed by atoms with van der Waals surface area (Å²) in [5.74, 6) is 3.77. The van der Waals surface area contributed by atoms with Gasteiger partial charge in [0.2, 0.25) is 0 Å². The lowest BCUT2D eigenvalue weighted by Gasteiger charge is -2.41. The lowest BCUT2D eigenvalue weighted by atomic mass is 9.65. The summed E-state index contributed by atoms with van der Waals surface area (Å²) in [5, 5.41) is 9.29. The molecule has 2 unspecified atom stereocenters. The highest BCUT2D eigenvalue weighted by Gasteiger charge is 2.36. The van der Waals surface area contributed by atoms with Crippen LogP contribution in [0.5, 0.6) is 0 Å². The lowest BCUT2D eigenvalue weighted by molar-refractivity contribution is -0.142. The van der Waals surface area contributed by atoms with Gasteiger partial charge in [-0.15, -0.1) is 0 Å². The normalized spacial score (nSPS) is 23.1. The number of hydrogen-bond acceptors (Lipinski definition) is 6. The summed E-state index contributed by atoms with van der Waals surface area (Å²) in [4.78, 5) is 21.6. The molecule has 0 aliphatic heterocycles. The second-order valence-corrected chi connectivity index (χ2v) is 13.0. The van der Waals surface area contributed by atoms with Crippen molar-refractivity contribution in [3.63, 3.8) is 0 Å². The van der Waals surface area contributed by atoms with Gasteiger partial charge in [-0.3, -0.25) is 4.79 Å². The molecule has 6 nitrogen and oxygen atoms in total. The van der Waals surface area contributed by atoms with Crippen LogP contribution in [-0.2, 0) is 23.8 Å². The number of aldehydes is 1. The number of carbonyl (C=O) groups is 2. The fourth-order valence-electron chi connectivity index (χ4n) is 6.78. The average molecular weight is 603 g/mol. The minimum atomic E-state index is -0.348. The van der Waals surface area contributed by atoms with Crippen LogP contribution in [0, 0.1) is 35.5 Å². The van der Waals surface area contributed by atoms with E-state index in [2.05, 4.69) is 33.2 Å². The summed E-state index contributed by atoms with van der Waals surface area (Å²) in [6.07, 6.45) is 17.8. The standard InChI is InChI=1S/C33H56O5.C4H6O/c1-7-8-9-10-27-11-13-28(14-12-27)29-15-17-30(18-16-29)32(23-36-6)31(22-38-33(35)24(2)3)19-20-37-26(5)25(4)21-34;1-4(2)3-5/h27-32,34H,2,4-5,7-23H2,1,3,6H3;3H,1H2,2H3. The molecule has 2 aliphatic carbocycles. The maximum Gasteiger partial charge on any atom is 0.333 e. The number of unbranched alkanes of at least 4 members (excludes halogenated alkanes) is 2. The van der Waals surface area contributed by atoms with Gasteiger partial charge < -0.3 is 19.3 Å². The quantitative estimate of drug-likeness (QED) is 0.0399. The van der Waals surface area contributed by atoms with Crippen LogP contribution in [0.1, 0.15) is 104 Å². The first kappa shape index (κ1) is 38.8. The number of rotatable bonds is 19. The fraction of sp³-hybridized carbons (Fsp3) is 0.730. The second-order valence-electron chi connectivity index (χ2n) is 13.0. The Bertz CT molecular complexity index is 860. The molecule has 0 bridgehead atoms. The summed E-state index contributed by atoms with van der Waals surface area (Å²) in [6, 6.07) is 0. The Kier molecular flexibility index (Phi) is 20.2. The Labute approximate surface area is 263 Å². The highest BCUT2D eigenvalue weighted by molar-refractivity contribution is 5.86. The summed E-state index contributed by atoms with van der Waals surface area (Å²) < 4.78 is 17.1. The summed E-state index contributed by atoms with van der Waals surface area (Å²) in [7, 11) is 1.76. The molecule has 0 saturated heterocycles. The molecule has 2 rings (SSSR count). The summed E-state index contributed by atoms with van der Waals surface area (Å²) >= 11 is 0. The van der Waals surface area contributed by atoms with Crippen molar-refractivity contribution in [3.8, 4) is 0 Å². The molecule has 2 fully saturated rings. The van der Waals surface area contributed by atoms with Crippen molar-refractivity contribution in [2.45, 2.75) is 104 Å². The largest absolute Gasteiger partial charge is 0.494 e. The van der Waals surface area contributed by atoms with E-state index >= 15 is 0 Å². The Balaban J connectivity index is 0.00000170. The monoisotopic (exact) mass is 602 g/mol. The van der Waals surface area contributed by atoms with Gasteiger partial charge in [0.1, 0.15) is 12.0 Å². The second kappa shape index (κ2) is 22.3. The lowest BCUT2D eigenvalue weighted by Crippen LogP contribution is -2.35. The van der Waals surface area contributed by atoms with Gasteiger partial charge >= 0.3 is 5.97 Å². The number of esters is 1. The predicted octanol–water partition coefficient (Wildman–Crippen LogP) is 8.41. The molecule has 0 spiro atoms. The third-order valence-corrected chi connectivity index (χ3v) is 9.49. The molecule has 2 aliphatic rings. The minimum absolute atomic E-state index is 0.119. The molecule has 0 aromatic heterocycles. The Hall–Kier alpha value is -2.18. The number of methoxy groups -OCH3 is 1. The van der Waals surface area contributed by atoms with Gasteiger partial charge in [-0.25, -0.2) is 4.79 Å². The van der Waals surface area contributed by atoms with E-state index < -0.39 is 0 Å². The van der Waals surface area contributed by atoms with Crippen molar-refractivity contribution in [3.05, 3.63) is 48.8 Å². The number of allylic oxidation sites excluding steroid dienone is 1. The maximum atomic E-state index is 12.2. The molecule has 2 atom stereocenters. The highest BCUT2D eigenvalue weighted by Crippen LogP contribution is 2.45. The number of aliphatic hydroxyl groups is 1. The molecule has 0 aromatic carbocycles. The number of carbonyl (C=O) groups excluding carboxylic acids is 2. The molecule has 0 aromatic rings. The van der Waals surface area contributed by atoms with Crippen LogP contribution in [0.4, 0.5) is 0 Å². The first-order valence-corrected chi connectivity index (χ1v) is 16.6. The average Bonchev–Trinajstić information content (AvgIpc) is 3.01. The van der Waals surface area contributed by atoms with E-state index in [1.807, 2.05) is 0 Å². The van der Waals surface area contributed by atoms with Crippen LogP contribution in [0.25, 0.3) is 0 Å². The van der Waals surface area contributed by atoms with Crippen LogP contribution < -0.4 is 0 Å². The highest BCUT2D eigenvalue weighted by atomic mass is 16.5. The van der Waals surface area contributed by atoms with Crippen molar-refractivity contribution in [1.29, 1.82) is 0 Å². The molecule has 0 amide bonds. The van der Waals surface area contributed by atoms with Gasteiger partial charge in [0.15, 0.2) is 0 Å². The molecule has 0 radical (unpaired) electrons. The van der Waals surface area contributed by atoms with Crippen molar-refractivity contribution in [2.24, 2.45) is 35.5 Å². The van der Waals surface area contributed by atoms with Gasteiger partial charge in [0.05, 0.1) is 19.8 Å². The fourth-order valence-corrected chi connectivity index (χ4v) is 6.78. The van der Waals surface area contributed by atoms with Crippen LogP contribution in [0.3, 0.4) is 0 Å². The van der Waals surface area contributed by atoms with E-state index in [0.717, 1.165) is 30.5 Å². The van der Waals surface area contributed by atoms with E-state index in [1.165, 1.54) is 77.0 Å². The Morgan fingerprint density at radius 2 is 1.49 bits per heavy atom. The maximum absolute atomic E-state index is 12.2. The molecular formula is C37H62O6. The zero-order valence-corrected chi connectivity index (χ0v) is 27.9. The zero-order chi connectivity index (χ0) is 32.2. The minimum Gasteiger partial charge on any atom is -0.494 e. The number of hydrogen-bond donors (Lipinski definition) is 1. The number of aliphatic hydroxyl groups excluding tert-OH is 1. The third kappa shape index (κ3) is 15.4. The van der Waals surface area contributed by atoms with E-state index in [-0.39, 0.29) is 18.5 Å². The molecular weight excluding hydrogens is 540 g/mol. The van der Waals surface area contributed by atoms with Crippen LogP contribution >= 0.6 is 0 Å². The predicted molar refractivity (Wildman–Crippen MR) is 176 cm³/mol. The first-order valence-electron chi connectivity index (χ1n) is 16.6. The van der Waals surface area contributed by atoms with Gasteiger partial charge in [-0.2, -0.15) is 0 Å². The summed E-state index contributed by atoms with van der Waals surface area (Å²) in [5.41, 5.74) is 1.47. The van der Waals surface area contributed by atoms with Gasteiger partial charge in [0.25, 0.3) is 0 Å². The van der Waals surface area contributed by atoms with E-state index in [0.29, 0.717) is 54.1 Å². The van der Waals surface area contributed by atoms with Gasteiger partial charge in [-0.1, -0.05) is 71.8 Å². The van der Waals surface area contributed by atoms with Crippen molar-refractivity contribution in [2.75, 3.05) is 33.5 Å². The molecule has 2 saturated carbocycles. The van der Waals surface area contributed by atoms with Gasteiger partial charge in [0, 0.05) is 30.8 Å².